The molecule has 0 radical (unpaired) electrons. The largest absolute Gasteiger partial charge is 0.508 e. The molecule has 5 heteroatoms. The number of benzene rings is 2. The first-order valence-electron chi connectivity index (χ1n) is 5.52. The molecule has 0 bridgehead atoms. The molecule has 98 valence electrons. The van der Waals surface area contributed by atoms with Crippen LogP contribution in [0.15, 0.2) is 42.5 Å². The Kier molecular flexibility index (Phi) is 3.98. The minimum Gasteiger partial charge on any atom is -0.508 e. The molecule has 0 aliphatic heterocycles. The van der Waals surface area contributed by atoms with Crippen molar-refractivity contribution >= 4 is 34.8 Å². The van der Waals surface area contributed by atoms with E-state index < -0.39 is 0 Å². The van der Waals surface area contributed by atoms with E-state index in [9.17, 15) is 9.90 Å². The molecule has 2 rings (SSSR count). The Morgan fingerprint density at radius 3 is 2.53 bits per heavy atom. The van der Waals surface area contributed by atoms with Crippen molar-refractivity contribution in [2.24, 2.45) is 0 Å². The third-order valence-corrected chi connectivity index (χ3v) is 3.52. The second kappa shape index (κ2) is 5.51. The molecule has 0 atom stereocenters. The molecule has 1 amide bonds. The molecule has 19 heavy (non-hydrogen) atoms. The van der Waals surface area contributed by atoms with Crippen molar-refractivity contribution in [3.63, 3.8) is 0 Å². The lowest BCUT2D eigenvalue weighted by Gasteiger charge is -2.18. The van der Waals surface area contributed by atoms with Crippen molar-refractivity contribution in [2.45, 2.75) is 0 Å². The Morgan fingerprint density at radius 2 is 1.84 bits per heavy atom. The zero-order valence-electron chi connectivity index (χ0n) is 10.1. The zero-order valence-corrected chi connectivity index (χ0v) is 11.6. The molecule has 2 aromatic carbocycles. The van der Waals surface area contributed by atoms with Gasteiger partial charge in [-0.05, 0) is 24.3 Å². The molecule has 0 aliphatic rings. The van der Waals surface area contributed by atoms with E-state index in [1.54, 1.807) is 37.4 Å². The predicted octanol–water partition coefficient (Wildman–Crippen LogP) is 3.98. The number of amides is 1. The summed E-state index contributed by atoms with van der Waals surface area (Å²) in [6, 6.07) is 11.3. The summed E-state index contributed by atoms with van der Waals surface area (Å²) in [6.07, 6.45) is 0. The molecule has 2 aromatic rings. The van der Waals surface area contributed by atoms with Crippen molar-refractivity contribution in [3.8, 4) is 5.75 Å². The fraction of sp³-hybridized carbons (Fsp3) is 0.0714. The maximum Gasteiger partial charge on any atom is 0.259 e. The number of aromatic hydroxyl groups is 1. The highest BCUT2D eigenvalue weighted by atomic mass is 35.5. The molecule has 0 saturated heterocycles. The van der Waals surface area contributed by atoms with E-state index >= 15 is 0 Å². The Balaban J connectivity index is 2.36. The number of halogens is 2. The number of hydrogen-bond donors (Lipinski definition) is 1. The molecule has 0 fully saturated rings. The smallest absolute Gasteiger partial charge is 0.259 e. The van der Waals surface area contributed by atoms with Gasteiger partial charge in [-0.2, -0.15) is 0 Å². The molecule has 1 N–H and O–H groups in total. The van der Waals surface area contributed by atoms with E-state index in [0.29, 0.717) is 16.3 Å². The van der Waals surface area contributed by atoms with Crippen LogP contribution >= 0.6 is 23.2 Å². The van der Waals surface area contributed by atoms with Gasteiger partial charge in [0, 0.05) is 18.8 Å². The number of anilines is 1. The molecule has 0 saturated carbocycles. The average Bonchev–Trinajstić information content (AvgIpc) is 2.40. The van der Waals surface area contributed by atoms with E-state index in [1.165, 1.54) is 17.0 Å². The van der Waals surface area contributed by atoms with Gasteiger partial charge >= 0.3 is 0 Å². The monoisotopic (exact) mass is 295 g/mol. The molecule has 0 aromatic heterocycles. The lowest BCUT2D eigenvalue weighted by Crippen LogP contribution is -2.26. The Bertz CT molecular complexity index is 629. The molecule has 0 aliphatic carbocycles. The van der Waals surface area contributed by atoms with Crippen LogP contribution in [0.5, 0.6) is 5.75 Å². The highest BCUT2D eigenvalue weighted by Gasteiger charge is 2.18. The van der Waals surface area contributed by atoms with E-state index in [0.717, 1.165) is 0 Å². The summed E-state index contributed by atoms with van der Waals surface area (Å²) in [7, 11) is 1.61. The summed E-state index contributed by atoms with van der Waals surface area (Å²) in [5, 5.41) is 9.98. The first-order chi connectivity index (χ1) is 9.00. The van der Waals surface area contributed by atoms with Crippen LogP contribution in [0.4, 0.5) is 5.69 Å². The topological polar surface area (TPSA) is 40.5 Å². The molecule has 0 spiro atoms. The Hall–Kier alpha value is -1.71. The Morgan fingerprint density at radius 1 is 1.16 bits per heavy atom. The van der Waals surface area contributed by atoms with Crippen LogP contribution in [0.25, 0.3) is 0 Å². The van der Waals surface area contributed by atoms with Crippen LogP contribution in [0.2, 0.25) is 10.0 Å². The van der Waals surface area contributed by atoms with Gasteiger partial charge in [0.2, 0.25) is 0 Å². The summed E-state index contributed by atoms with van der Waals surface area (Å²) >= 11 is 11.9. The van der Waals surface area contributed by atoms with Gasteiger partial charge in [0.05, 0.1) is 15.6 Å². The highest BCUT2D eigenvalue weighted by Crippen LogP contribution is 2.28. The summed E-state index contributed by atoms with van der Waals surface area (Å²) in [5.74, 6) is -0.201. The van der Waals surface area contributed by atoms with Gasteiger partial charge in [-0.1, -0.05) is 35.3 Å². The highest BCUT2D eigenvalue weighted by molar-refractivity contribution is 6.44. The number of hydrogen-bond acceptors (Lipinski definition) is 2. The number of phenolic OH excluding ortho intramolecular Hbond substituents is 1. The van der Waals surface area contributed by atoms with Crippen LogP contribution in [-0.2, 0) is 0 Å². The van der Waals surface area contributed by atoms with Gasteiger partial charge in [0.25, 0.3) is 5.91 Å². The van der Waals surface area contributed by atoms with Gasteiger partial charge < -0.3 is 10.0 Å². The average molecular weight is 296 g/mol. The van der Waals surface area contributed by atoms with E-state index in [4.69, 9.17) is 23.2 Å². The predicted molar refractivity (Wildman–Crippen MR) is 77.3 cm³/mol. The summed E-state index contributed by atoms with van der Waals surface area (Å²) in [6.45, 7) is 0. The van der Waals surface area contributed by atoms with Crippen LogP contribution in [-0.4, -0.2) is 18.1 Å². The first-order valence-corrected chi connectivity index (χ1v) is 6.27. The van der Waals surface area contributed by atoms with Gasteiger partial charge in [-0.3, -0.25) is 4.79 Å². The van der Waals surface area contributed by atoms with E-state index in [-0.39, 0.29) is 16.7 Å². The van der Waals surface area contributed by atoms with Crippen LogP contribution in [0, 0.1) is 0 Å². The van der Waals surface area contributed by atoms with Crippen molar-refractivity contribution in [3.05, 3.63) is 58.1 Å². The van der Waals surface area contributed by atoms with Gasteiger partial charge in [0.1, 0.15) is 5.75 Å². The first kappa shape index (κ1) is 13.7. The summed E-state index contributed by atoms with van der Waals surface area (Å²) in [4.78, 5) is 13.7. The third-order valence-electron chi connectivity index (χ3n) is 2.70. The molecular formula is C14H11Cl2NO2. The minimum absolute atomic E-state index is 0.0920. The maximum atomic E-state index is 12.3. The summed E-state index contributed by atoms with van der Waals surface area (Å²) in [5.41, 5.74) is 0.890. The quantitative estimate of drug-likeness (QED) is 0.910. The number of phenols is 1. The third kappa shape index (κ3) is 2.83. The second-order valence-corrected chi connectivity index (χ2v) is 4.77. The summed E-state index contributed by atoms with van der Waals surface area (Å²) < 4.78 is 0. The lowest BCUT2D eigenvalue weighted by molar-refractivity contribution is 0.0993. The number of rotatable bonds is 2. The normalized spacial score (nSPS) is 10.3. The van der Waals surface area contributed by atoms with Crippen molar-refractivity contribution in [1.29, 1.82) is 0 Å². The lowest BCUT2D eigenvalue weighted by atomic mass is 10.2. The molecular weight excluding hydrogens is 285 g/mol. The van der Waals surface area contributed by atoms with E-state index in [2.05, 4.69) is 0 Å². The molecule has 0 heterocycles. The fourth-order valence-corrected chi connectivity index (χ4v) is 2.05. The van der Waals surface area contributed by atoms with Crippen LogP contribution in [0.1, 0.15) is 10.4 Å². The molecule has 3 nitrogen and oxygen atoms in total. The minimum atomic E-state index is -0.293. The molecule has 0 unspecified atom stereocenters. The number of carbonyl (C=O) groups is 1. The fourth-order valence-electron chi connectivity index (χ4n) is 1.67. The Labute approximate surface area is 121 Å². The number of nitrogens with zero attached hydrogens (tertiary/aromatic N) is 1. The SMILES string of the molecule is CN(C(=O)c1cccc(Cl)c1Cl)c1cccc(O)c1. The second-order valence-electron chi connectivity index (χ2n) is 3.99. The van der Waals surface area contributed by atoms with Gasteiger partial charge in [-0.15, -0.1) is 0 Å². The van der Waals surface area contributed by atoms with Gasteiger partial charge in [0.15, 0.2) is 0 Å². The van der Waals surface area contributed by atoms with Crippen LogP contribution in [0.3, 0.4) is 0 Å². The van der Waals surface area contributed by atoms with Crippen LogP contribution < -0.4 is 4.90 Å². The van der Waals surface area contributed by atoms with Gasteiger partial charge in [-0.25, -0.2) is 0 Å². The van der Waals surface area contributed by atoms with Crippen molar-refractivity contribution < 1.29 is 9.90 Å². The maximum absolute atomic E-state index is 12.3. The van der Waals surface area contributed by atoms with E-state index in [1.807, 2.05) is 0 Å². The zero-order chi connectivity index (χ0) is 14.0. The van der Waals surface area contributed by atoms with Crippen molar-refractivity contribution in [2.75, 3.05) is 11.9 Å². The number of carbonyl (C=O) groups excluding carboxylic acids is 1. The standard InChI is InChI=1S/C14H11Cl2NO2/c1-17(9-4-2-5-10(18)8-9)14(19)11-6-3-7-12(15)13(11)16/h2-8,18H,1H3. The van der Waals surface area contributed by atoms with Crippen molar-refractivity contribution in [1.82, 2.24) is 0 Å².